The Labute approximate surface area is 178 Å². The topological polar surface area (TPSA) is 78.8 Å². The van der Waals surface area contributed by atoms with Crippen LogP contribution in [0.1, 0.15) is 23.3 Å². The highest BCUT2D eigenvalue weighted by atomic mass is 19.1. The number of piperidine rings is 1. The third kappa shape index (κ3) is 3.76. The Hall–Kier alpha value is -3.68. The summed E-state index contributed by atoms with van der Waals surface area (Å²) < 4.78 is 14.9. The van der Waals surface area contributed by atoms with Crippen molar-refractivity contribution in [3.05, 3.63) is 66.1 Å². The van der Waals surface area contributed by atoms with Crippen molar-refractivity contribution in [2.45, 2.75) is 18.9 Å². The first kappa shape index (κ1) is 19.3. The standard InChI is InChI=1S/C23H23FN6O/c1-29-20-5-3-2-4-18(20)22(28-29)23(31)25-17-10-12-30(13-11-17)21-14-19(26-27-21)15-6-8-16(24)9-7-15/h2-9,14,17H,10-13H2,1H3,(H,25,31)(H,26,27). The minimum absolute atomic E-state index is 0.0972. The minimum Gasteiger partial charge on any atom is -0.355 e. The molecule has 8 heteroatoms. The predicted octanol–water partition coefficient (Wildman–Crippen LogP) is 3.50. The average molecular weight is 418 g/mol. The highest BCUT2D eigenvalue weighted by molar-refractivity contribution is 6.04. The highest BCUT2D eigenvalue weighted by Gasteiger charge is 2.24. The van der Waals surface area contributed by atoms with Crippen molar-refractivity contribution in [3.63, 3.8) is 0 Å². The number of para-hydroxylation sites is 1. The van der Waals surface area contributed by atoms with Gasteiger partial charge in [-0.15, -0.1) is 0 Å². The number of hydrogen-bond acceptors (Lipinski definition) is 4. The summed E-state index contributed by atoms with van der Waals surface area (Å²) >= 11 is 0. The normalized spacial score (nSPS) is 14.8. The quantitative estimate of drug-likeness (QED) is 0.532. The Bertz CT molecular complexity index is 1220. The Kier molecular flexibility index (Phi) is 4.89. The maximum absolute atomic E-state index is 13.1. The maximum atomic E-state index is 13.1. The van der Waals surface area contributed by atoms with E-state index in [0.717, 1.165) is 53.9 Å². The average Bonchev–Trinajstić information content (AvgIpc) is 3.41. The van der Waals surface area contributed by atoms with Crippen LogP contribution in [0.25, 0.3) is 22.2 Å². The Morgan fingerprint density at radius 2 is 1.87 bits per heavy atom. The second kappa shape index (κ2) is 7.86. The summed E-state index contributed by atoms with van der Waals surface area (Å²) in [5.74, 6) is 0.472. The summed E-state index contributed by atoms with van der Waals surface area (Å²) in [5.41, 5.74) is 3.16. The highest BCUT2D eigenvalue weighted by Crippen LogP contribution is 2.25. The molecule has 158 valence electrons. The van der Waals surface area contributed by atoms with Crippen LogP contribution >= 0.6 is 0 Å². The number of carbonyl (C=O) groups excluding carboxylic acids is 1. The van der Waals surface area contributed by atoms with Crippen LogP contribution in [-0.2, 0) is 7.05 Å². The molecule has 1 saturated heterocycles. The van der Waals surface area contributed by atoms with Crippen LogP contribution < -0.4 is 10.2 Å². The molecule has 0 radical (unpaired) electrons. The fraction of sp³-hybridized carbons (Fsp3) is 0.261. The second-order valence-corrected chi connectivity index (χ2v) is 7.87. The van der Waals surface area contributed by atoms with Gasteiger partial charge in [-0.25, -0.2) is 4.39 Å². The van der Waals surface area contributed by atoms with Gasteiger partial charge in [0.15, 0.2) is 11.5 Å². The van der Waals surface area contributed by atoms with Gasteiger partial charge < -0.3 is 10.2 Å². The number of nitrogens with one attached hydrogen (secondary N) is 2. The van der Waals surface area contributed by atoms with E-state index in [4.69, 9.17) is 0 Å². The summed E-state index contributed by atoms with van der Waals surface area (Å²) in [7, 11) is 1.85. The van der Waals surface area contributed by atoms with Gasteiger partial charge in [-0.3, -0.25) is 14.6 Å². The zero-order chi connectivity index (χ0) is 21.4. The number of halogens is 1. The molecule has 31 heavy (non-hydrogen) atoms. The molecule has 2 aromatic heterocycles. The van der Waals surface area contributed by atoms with Crippen molar-refractivity contribution in [2.24, 2.45) is 7.05 Å². The van der Waals surface area contributed by atoms with Crippen molar-refractivity contribution in [1.29, 1.82) is 0 Å². The van der Waals surface area contributed by atoms with Crippen LogP contribution in [0, 0.1) is 5.82 Å². The Morgan fingerprint density at radius 3 is 2.65 bits per heavy atom. The molecule has 1 fully saturated rings. The molecule has 0 saturated carbocycles. The number of anilines is 1. The molecule has 5 rings (SSSR count). The van der Waals surface area contributed by atoms with E-state index < -0.39 is 0 Å². The van der Waals surface area contributed by atoms with Crippen molar-refractivity contribution in [2.75, 3.05) is 18.0 Å². The molecule has 3 heterocycles. The zero-order valence-electron chi connectivity index (χ0n) is 17.2. The van der Waals surface area contributed by atoms with Crippen LogP contribution in [0.3, 0.4) is 0 Å². The summed E-state index contributed by atoms with van der Waals surface area (Å²) in [6.07, 6.45) is 1.66. The largest absolute Gasteiger partial charge is 0.355 e. The second-order valence-electron chi connectivity index (χ2n) is 7.87. The van der Waals surface area contributed by atoms with Gasteiger partial charge in [-0.1, -0.05) is 18.2 Å². The van der Waals surface area contributed by atoms with Crippen LogP contribution in [0.2, 0.25) is 0 Å². The molecule has 1 amide bonds. The SMILES string of the molecule is Cn1nc(C(=O)NC2CCN(c3cc(-c4ccc(F)cc4)[nH]n3)CC2)c2ccccc21. The summed E-state index contributed by atoms with van der Waals surface area (Å²) in [6.45, 7) is 1.59. The molecular weight excluding hydrogens is 395 g/mol. The first-order chi connectivity index (χ1) is 15.1. The maximum Gasteiger partial charge on any atom is 0.272 e. The Morgan fingerprint density at radius 1 is 1.13 bits per heavy atom. The van der Waals surface area contributed by atoms with Crippen molar-refractivity contribution < 1.29 is 9.18 Å². The van der Waals surface area contributed by atoms with Crippen molar-refractivity contribution in [1.82, 2.24) is 25.3 Å². The predicted molar refractivity (Wildman–Crippen MR) is 117 cm³/mol. The number of carbonyl (C=O) groups is 1. The molecule has 0 aliphatic carbocycles. The van der Waals surface area contributed by atoms with E-state index in [2.05, 4.69) is 25.5 Å². The van der Waals surface area contributed by atoms with Gasteiger partial charge in [0.1, 0.15) is 5.82 Å². The van der Waals surface area contributed by atoms with Crippen LogP contribution in [0.5, 0.6) is 0 Å². The summed E-state index contributed by atoms with van der Waals surface area (Å²) in [4.78, 5) is 15.0. The van der Waals surface area contributed by atoms with E-state index in [9.17, 15) is 9.18 Å². The van der Waals surface area contributed by atoms with E-state index in [1.807, 2.05) is 37.4 Å². The number of fused-ring (bicyclic) bond motifs is 1. The number of aromatic nitrogens is 4. The molecule has 2 aromatic carbocycles. The molecule has 0 atom stereocenters. The molecule has 1 aliphatic rings. The lowest BCUT2D eigenvalue weighted by atomic mass is 10.0. The number of aryl methyl sites for hydroxylation is 1. The van der Waals surface area contributed by atoms with Gasteiger partial charge >= 0.3 is 0 Å². The number of benzene rings is 2. The molecule has 0 bridgehead atoms. The van der Waals surface area contributed by atoms with Gasteiger partial charge in [0.05, 0.1) is 11.2 Å². The number of hydrogen-bond donors (Lipinski definition) is 2. The van der Waals surface area contributed by atoms with E-state index in [1.54, 1.807) is 16.8 Å². The third-order valence-corrected chi connectivity index (χ3v) is 5.85. The summed E-state index contributed by atoms with van der Waals surface area (Å²) in [5, 5.41) is 15.9. The molecule has 0 spiro atoms. The van der Waals surface area contributed by atoms with Crippen LogP contribution in [-0.4, -0.2) is 45.0 Å². The smallest absolute Gasteiger partial charge is 0.272 e. The molecule has 1 aliphatic heterocycles. The lowest BCUT2D eigenvalue weighted by Crippen LogP contribution is -2.45. The monoisotopic (exact) mass is 418 g/mol. The molecule has 4 aromatic rings. The third-order valence-electron chi connectivity index (χ3n) is 5.85. The Balaban J connectivity index is 1.22. The zero-order valence-corrected chi connectivity index (χ0v) is 17.2. The first-order valence-electron chi connectivity index (χ1n) is 10.4. The lowest BCUT2D eigenvalue weighted by Gasteiger charge is -2.32. The van der Waals surface area contributed by atoms with E-state index in [-0.39, 0.29) is 17.8 Å². The van der Waals surface area contributed by atoms with E-state index >= 15 is 0 Å². The number of rotatable bonds is 4. The van der Waals surface area contributed by atoms with E-state index in [0.29, 0.717) is 5.69 Å². The van der Waals surface area contributed by atoms with Crippen LogP contribution in [0.4, 0.5) is 10.2 Å². The van der Waals surface area contributed by atoms with Crippen molar-refractivity contribution in [3.8, 4) is 11.3 Å². The number of aromatic amines is 1. The van der Waals surface area contributed by atoms with Gasteiger partial charge in [-0.05, 0) is 48.7 Å². The van der Waals surface area contributed by atoms with Gasteiger partial charge in [0.2, 0.25) is 0 Å². The van der Waals surface area contributed by atoms with Gasteiger partial charge in [0, 0.05) is 37.6 Å². The molecular formula is C23H23FN6O. The summed E-state index contributed by atoms with van der Waals surface area (Å²) in [6, 6.07) is 16.2. The minimum atomic E-state index is -0.258. The molecule has 7 nitrogen and oxygen atoms in total. The fourth-order valence-electron chi connectivity index (χ4n) is 4.14. The number of nitrogens with zero attached hydrogens (tertiary/aromatic N) is 4. The molecule has 0 unspecified atom stereocenters. The molecule has 2 N–H and O–H groups in total. The van der Waals surface area contributed by atoms with Crippen molar-refractivity contribution >= 4 is 22.6 Å². The number of H-pyrrole nitrogens is 1. The van der Waals surface area contributed by atoms with Crippen LogP contribution in [0.15, 0.2) is 54.6 Å². The van der Waals surface area contributed by atoms with Gasteiger partial charge in [0.25, 0.3) is 5.91 Å². The fourth-order valence-corrected chi connectivity index (χ4v) is 4.14. The van der Waals surface area contributed by atoms with E-state index in [1.165, 1.54) is 12.1 Å². The first-order valence-corrected chi connectivity index (χ1v) is 10.4. The van der Waals surface area contributed by atoms with Gasteiger partial charge in [-0.2, -0.15) is 10.2 Å². The lowest BCUT2D eigenvalue weighted by molar-refractivity contribution is 0.0927. The number of amides is 1.